The first-order valence-corrected chi connectivity index (χ1v) is 6.46. The Labute approximate surface area is 104 Å². The van der Waals surface area contributed by atoms with Crippen LogP contribution in [0.2, 0.25) is 0 Å². The number of pyridine rings is 2. The second-order valence-electron chi connectivity index (χ2n) is 4.34. The van der Waals surface area contributed by atoms with Gasteiger partial charge in [-0.1, -0.05) is 12.1 Å². The van der Waals surface area contributed by atoms with Crippen LogP contribution in [0.4, 0.5) is 0 Å². The molecule has 3 heterocycles. The van der Waals surface area contributed by atoms with Gasteiger partial charge < -0.3 is 0 Å². The summed E-state index contributed by atoms with van der Waals surface area (Å²) in [6, 6.07) is 9.37. The average Bonchev–Trinajstić information content (AvgIpc) is 2.71. The molecule has 2 aromatic rings. The van der Waals surface area contributed by atoms with Gasteiger partial charge in [-0.15, -0.1) is 11.8 Å². The van der Waals surface area contributed by atoms with E-state index in [-0.39, 0.29) is 11.1 Å². The van der Waals surface area contributed by atoms with Crippen molar-refractivity contribution in [2.45, 2.75) is 17.5 Å². The lowest BCUT2D eigenvalue weighted by Crippen LogP contribution is -2.38. The number of hydrogen-bond donors (Lipinski definition) is 0. The van der Waals surface area contributed by atoms with Crippen LogP contribution < -0.4 is 5.56 Å². The smallest absolute Gasteiger partial charge is 0.252 e. The maximum absolute atomic E-state index is 12.0. The van der Waals surface area contributed by atoms with Crippen molar-refractivity contribution in [1.29, 1.82) is 0 Å². The molecule has 86 valence electrons. The number of fused-ring (bicyclic) bond motifs is 1. The number of thioether (sulfide) groups is 1. The summed E-state index contributed by atoms with van der Waals surface area (Å²) in [4.78, 5) is 16.2. The van der Waals surface area contributed by atoms with Crippen molar-refractivity contribution in [1.82, 2.24) is 9.55 Å². The van der Waals surface area contributed by atoms with Gasteiger partial charge in [0.05, 0.1) is 10.6 Å². The molecule has 3 nitrogen and oxygen atoms in total. The zero-order chi connectivity index (χ0) is 11.9. The van der Waals surface area contributed by atoms with Crippen molar-refractivity contribution in [2.24, 2.45) is 0 Å². The highest BCUT2D eigenvalue weighted by molar-refractivity contribution is 7.99. The molecule has 0 fully saturated rings. The first kappa shape index (κ1) is 10.6. The minimum absolute atomic E-state index is 0.0545. The molecule has 0 aliphatic carbocycles. The van der Waals surface area contributed by atoms with Crippen LogP contribution in [0, 0.1) is 0 Å². The third-order valence-corrected chi connectivity index (χ3v) is 4.52. The molecule has 0 spiro atoms. The minimum Gasteiger partial charge on any atom is -0.292 e. The van der Waals surface area contributed by atoms with Crippen LogP contribution >= 0.6 is 11.8 Å². The van der Waals surface area contributed by atoms with Crippen molar-refractivity contribution in [3.05, 3.63) is 58.6 Å². The summed E-state index contributed by atoms with van der Waals surface area (Å²) in [5, 5.41) is 1.03. The monoisotopic (exact) mass is 244 g/mol. The lowest BCUT2D eigenvalue weighted by atomic mass is 9.95. The average molecular weight is 244 g/mol. The second-order valence-corrected chi connectivity index (χ2v) is 5.34. The van der Waals surface area contributed by atoms with E-state index in [1.54, 1.807) is 24.0 Å². The summed E-state index contributed by atoms with van der Waals surface area (Å²) in [6.07, 6.45) is 3.60. The van der Waals surface area contributed by atoms with E-state index in [1.807, 2.05) is 35.0 Å². The highest BCUT2D eigenvalue weighted by Crippen LogP contribution is 2.39. The molecule has 17 heavy (non-hydrogen) atoms. The van der Waals surface area contributed by atoms with Gasteiger partial charge in [-0.2, -0.15) is 0 Å². The standard InChI is InChI=1S/C13H12N2OS/c1-13(10-4-3-7-14-8-10)9-17-12-6-2-5-11(16)15(12)13/h2-8H,9H2,1H3. The predicted octanol–water partition coefficient (Wildman–Crippen LogP) is 2.11. The molecule has 0 radical (unpaired) electrons. The summed E-state index contributed by atoms with van der Waals surface area (Å²) in [7, 11) is 0. The molecule has 1 atom stereocenters. The van der Waals surface area contributed by atoms with Gasteiger partial charge in [0.1, 0.15) is 0 Å². The molecular weight excluding hydrogens is 232 g/mol. The molecule has 1 aliphatic rings. The highest BCUT2D eigenvalue weighted by atomic mass is 32.2. The fourth-order valence-corrected chi connectivity index (χ4v) is 3.56. The van der Waals surface area contributed by atoms with E-state index < -0.39 is 0 Å². The molecule has 1 unspecified atom stereocenters. The van der Waals surface area contributed by atoms with Crippen LogP contribution in [0.25, 0.3) is 0 Å². The molecule has 4 heteroatoms. The molecule has 0 saturated heterocycles. The maximum atomic E-state index is 12.0. The molecule has 0 bridgehead atoms. The largest absolute Gasteiger partial charge is 0.292 e. The van der Waals surface area contributed by atoms with Crippen LogP contribution in [0.3, 0.4) is 0 Å². The fourth-order valence-electron chi connectivity index (χ4n) is 2.24. The van der Waals surface area contributed by atoms with E-state index in [9.17, 15) is 4.79 Å². The van der Waals surface area contributed by atoms with E-state index in [1.165, 1.54) is 0 Å². The summed E-state index contributed by atoms with van der Waals surface area (Å²) in [6.45, 7) is 2.09. The van der Waals surface area contributed by atoms with E-state index in [2.05, 4.69) is 11.9 Å². The first-order valence-electron chi connectivity index (χ1n) is 5.48. The fraction of sp³-hybridized carbons (Fsp3) is 0.231. The molecule has 0 saturated carbocycles. The summed E-state index contributed by atoms with van der Waals surface area (Å²) >= 11 is 1.72. The predicted molar refractivity (Wildman–Crippen MR) is 68.4 cm³/mol. The Morgan fingerprint density at radius 3 is 3.00 bits per heavy atom. The van der Waals surface area contributed by atoms with Crippen molar-refractivity contribution in [3.8, 4) is 0 Å². The molecule has 1 aliphatic heterocycles. The first-order chi connectivity index (χ1) is 8.22. The lowest BCUT2D eigenvalue weighted by molar-refractivity contribution is 0.417. The number of aromatic nitrogens is 2. The van der Waals surface area contributed by atoms with Gasteiger partial charge in [-0.05, 0) is 24.6 Å². The Kier molecular flexibility index (Phi) is 2.33. The summed E-state index contributed by atoms with van der Waals surface area (Å²) in [5.41, 5.74) is 0.852. The van der Waals surface area contributed by atoms with E-state index in [4.69, 9.17) is 0 Å². The Balaban J connectivity index is 2.24. The Bertz CT molecular complexity index is 608. The third-order valence-electron chi connectivity index (χ3n) is 3.20. The zero-order valence-corrected chi connectivity index (χ0v) is 10.3. The van der Waals surface area contributed by atoms with Gasteiger partial charge in [0.25, 0.3) is 5.56 Å². The quantitative estimate of drug-likeness (QED) is 0.770. The summed E-state index contributed by atoms with van der Waals surface area (Å²) < 4.78 is 1.87. The van der Waals surface area contributed by atoms with Crippen LogP contribution in [-0.4, -0.2) is 15.3 Å². The van der Waals surface area contributed by atoms with E-state index in [0.29, 0.717) is 0 Å². The maximum Gasteiger partial charge on any atom is 0.252 e. The molecule has 2 aromatic heterocycles. The van der Waals surface area contributed by atoms with Crippen LogP contribution in [0.15, 0.2) is 52.5 Å². The van der Waals surface area contributed by atoms with Crippen LogP contribution in [-0.2, 0) is 5.54 Å². The van der Waals surface area contributed by atoms with Gasteiger partial charge in [-0.3, -0.25) is 14.3 Å². The van der Waals surface area contributed by atoms with Gasteiger partial charge in [0.2, 0.25) is 0 Å². The normalized spacial score (nSPS) is 22.4. The molecular formula is C13H12N2OS. The molecule has 3 rings (SSSR count). The SMILES string of the molecule is CC1(c2cccnc2)CSc2cccc(=O)n21. The minimum atomic E-state index is -0.285. The lowest BCUT2D eigenvalue weighted by Gasteiger charge is -2.26. The third kappa shape index (κ3) is 1.52. The van der Waals surface area contributed by atoms with Crippen molar-refractivity contribution < 1.29 is 0 Å². The topological polar surface area (TPSA) is 34.9 Å². The van der Waals surface area contributed by atoms with Gasteiger partial charge >= 0.3 is 0 Å². The zero-order valence-electron chi connectivity index (χ0n) is 9.46. The van der Waals surface area contributed by atoms with Gasteiger partial charge in [-0.25, -0.2) is 0 Å². The van der Waals surface area contributed by atoms with Gasteiger partial charge in [0, 0.05) is 24.2 Å². The Hall–Kier alpha value is -1.55. The van der Waals surface area contributed by atoms with E-state index in [0.717, 1.165) is 16.3 Å². The number of rotatable bonds is 1. The van der Waals surface area contributed by atoms with Crippen molar-refractivity contribution >= 4 is 11.8 Å². The van der Waals surface area contributed by atoms with Crippen molar-refractivity contribution in [3.63, 3.8) is 0 Å². The number of hydrogen-bond acceptors (Lipinski definition) is 3. The molecule has 0 amide bonds. The van der Waals surface area contributed by atoms with E-state index >= 15 is 0 Å². The Morgan fingerprint density at radius 1 is 1.35 bits per heavy atom. The van der Waals surface area contributed by atoms with Crippen LogP contribution in [0.1, 0.15) is 12.5 Å². The highest BCUT2D eigenvalue weighted by Gasteiger charge is 2.36. The van der Waals surface area contributed by atoms with Crippen LogP contribution in [0.5, 0.6) is 0 Å². The second kappa shape index (κ2) is 3.74. The molecule has 0 aromatic carbocycles. The summed E-state index contributed by atoms with van der Waals surface area (Å²) in [5.74, 6) is 0.873. The number of nitrogens with zero attached hydrogens (tertiary/aromatic N) is 2. The Morgan fingerprint density at radius 2 is 2.24 bits per heavy atom. The van der Waals surface area contributed by atoms with Crippen molar-refractivity contribution in [2.75, 3.05) is 5.75 Å². The molecule has 0 N–H and O–H groups in total. The van der Waals surface area contributed by atoms with Gasteiger partial charge in [0.15, 0.2) is 0 Å².